The predicted molar refractivity (Wildman–Crippen MR) is 109 cm³/mol. The van der Waals surface area contributed by atoms with Gasteiger partial charge in [0.1, 0.15) is 11.5 Å². The van der Waals surface area contributed by atoms with E-state index in [-0.39, 0.29) is 6.03 Å². The van der Waals surface area contributed by atoms with E-state index >= 15 is 0 Å². The zero-order chi connectivity index (χ0) is 19.2. The van der Waals surface area contributed by atoms with Crippen LogP contribution in [0.4, 0.5) is 16.2 Å². The van der Waals surface area contributed by atoms with Crippen molar-refractivity contribution in [1.82, 2.24) is 9.80 Å². The molecule has 2 amide bonds. The molecule has 0 bridgehead atoms. The zero-order valence-corrected chi connectivity index (χ0v) is 16.6. The molecular weight excluding hydrogens is 340 g/mol. The molecular formula is C21H30N4O2. The Kier molecular flexibility index (Phi) is 6.40. The number of nitrogens with zero attached hydrogens (tertiary/aromatic N) is 3. The first kappa shape index (κ1) is 19.3. The van der Waals surface area contributed by atoms with E-state index in [1.807, 2.05) is 51.4 Å². The Labute approximate surface area is 161 Å². The van der Waals surface area contributed by atoms with E-state index in [4.69, 9.17) is 4.42 Å². The Morgan fingerprint density at radius 3 is 2.52 bits per heavy atom. The zero-order valence-electron chi connectivity index (χ0n) is 16.6. The number of likely N-dealkylation sites (N-methyl/N-ethyl adjacent to an activating group) is 1. The molecule has 146 valence electrons. The molecule has 2 aromatic rings. The van der Waals surface area contributed by atoms with Crippen LogP contribution in [-0.4, -0.2) is 56.1 Å². The molecule has 0 unspecified atom stereocenters. The minimum absolute atomic E-state index is 0.0995. The monoisotopic (exact) mass is 370 g/mol. The van der Waals surface area contributed by atoms with Crippen LogP contribution in [0.25, 0.3) is 0 Å². The van der Waals surface area contributed by atoms with Crippen molar-refractivity contribution in [3.63, 3.8) is 0 Å². The maximum Gasteiger partial charge on any atom is 0.322 e. The van der Waals surface area contributed by atoms with Crippen molar-refractivity contribution in [2.75, 3.05) is 50.5 Å². The number of para-hydroxylation sites is 2. The first-order valence-corrected chi connectivity index (χ1v) is 9.63. The number of carbonyl (C=O) groups is 1. The van der Waals surface area contributed by atoms with E-state index < -0.39 is 0 Å². The number of urea groups is 1. The van der Waals surface area contributed by atoms with Gasteiger partial charge in [-0.05, 0) is 58.1 Å². The molecule has 0 radical (unpaired) electrons. The molecule has 6 heteroatoms. The van der Waals surface area contributed by atoms with Gasteiger partial charge in [-0.15, -0.1) is 0 Å². The van der Waals surface area contributed by atoms with Crippen LogP contribution < -0.4 is 10.2 Å². The number of benzene rings is 1. The summed E-state index contributed by atoms with van der Waals surface area (Å²) in [5.41, 5.74) is 1.97. The van der Waals surface area contributed by atoms with Gasteiger partial charge in [0.05, 0.1) is 17.9 Å². The standard InChI is InChI=1S/C21H30N4O2/c1-17-10-11-18(27-17)16-25(15-14-23(2)3)21(26)22-19-8-4-5-9-20(19)24-12-6-7-13-24/h4-5,8-11H,6-7,12-16H2,1-3H3,(H,22,26). The summed E-state index contributed by atoms with van der Waals surface area (Å²) in [5.74, 6) is 1.66. The summed E-state index contributed by atoms with van der Waals surface area (Å²) in [4.78, 5) is 19.3. The summed E-state index contributed by atoms with van der Waals surface area (Å²) in [5, 5.41) is 3.12. The maximum atomic E-state index is 13.0. The predicted octanol–water partition coefficient (Wildman–Crippen LogP) is 3.78. The van der Waals surface area contributed by atoms with E-state index in [9.17, 15) is 4.79 Å². The SMILES string of the molecule is Cc1ccc(CN(CCN(C)C)C(=O)Nc2ccccc2N2CCCC2)o1. The molecule has 2 heterocycles. The van der Waals surface area contributed by atoms with Crippen LogP contribution in [0, 0.1) is 6.92 Å². The van der Waals surface area contributed by atoms with Gasteiger partial charge in [0.25, 0.3) is 0 Å². The van der Waals surface area contributed by atoms with E-state index in [0.717, 1.165) is 42.5 Å². The molecule has 27 heavy (non-hydrogen) atoms. The summed E-state index contributed by atoms with van der Waals surface area (Å²) in [6.45, 7) is 5.89. The van der Waals surface area contributed by atoms with Crippen LogP contribution >= 0.6 is 0 Å². The number of rotatable bonds is 7. The topological polar surface area (TPSA) is 52.0 Å². The van der Waals surface area contributed by atoms with Gasteiger partial charge >= 0.3 is 6.03 Å². The van der Waals surface area contributed by atoms with Crippen molar-refractivity contribution in [1.29, 1.82) is 0 Å². The minimum atomic E-state index is -0.0995. The lowest BCUT2D eigenvalue weighted by Crippen LogP contribution is -2.39. The number of anilines is 2. The van der Waals surface area contributed by atoms with Gasteiger partial charge in [-0.1, -0.05) is 12.1 Å². The van der Waals surface area contributed by atoms with Crippen molar-refractivity contribution in [2.24, 2.45) is 0 Å². The van der Waals surface area contributed by atoms with E-state index in [2.05, 4.69) is 21.2 Å². The third-order valence-electron chi connectivity index (χ3n) is 4.84. The molecule has 0 atom stereocenters. The third kappa shape index (κ3) is 5.26. The number of hydrogen-bond donors (Lipinski definition) is 1. The van der Waals surface area contributed by atoms with Crippen LogP contribution in [0.2, 0.25) is 0 Å². The summed E-state index contributed by atoms with van der Waals surface area (Å²) in [6, 6.07) is 11.8. The molecule has 1 aromatic heterocycles. The van der Waals surface area contributed by atoms with E-state index in [1.54, 1.807) is 4.90 Å². The molecule has 1 aliphatic rings. The Hall–Kier alpha value is -2.47. The fraction of sp³-hybridized carbons (Fsp3) is 0.476. The molecule has 0 spiro atoms. The summed E-state index contributed by atoms with van der Waals surface area (Å²) in [6.07, 6.45) is 2.41. The number of aryl methyl sites for hydroxylation is 1. The highest BCUT2D eigenvalue weighted by Gasteiger charge is 2.20. The lowest BCUT2D eigenvalue weighted by molar-refractivity contribution is 0.196. The number of amides is 2. The Balaban J connectivity index is 1.73. The molecule has 3 rings (SSSR count). The highest BCUT2D eigenvalue weighted by molar-refractivity contribution is 5.93. The normalized spacial score (nSPS) is 14.0. The number of nitrogens with one attached hydrogen (secondary N) is 1. The van der Waals surface area contributed by atoms with Gasteiger partial charge in [0.2, 0.25) is 0 Å². The molecule has 0 aliphatic carbocycles. The lowest BCUT2D eigenvalue weighted by atomic mass is 10.2. The third-order valence-corrected chi connectivity index (χ3v) is 4.84. The van der Waals surface area contributed by atoms with Gasteiger partial charge in [-0.3, -0.25) is 0 Å². The van der Waals surface area contributed by atoms with Gasteiger partial charge in [0, 0.05) is 26.2 Å². The van der Waals surface area contributed by atoms with Crippen LogP contribution in [0.1, 0.15) is 24.4 Å². The van der Waals surface area contributed by atoms with Crippen molar-refractivity contribution >= 4 is 17.4 Å². The molecule has 1 N–H and O–H groups in total. The van der Waals surface area contributed by atoms with Crippen LogP contribution in [-0.2, 0) is 6.54 Å². The summed E-state index contributed by atoms with van der Waals surface area (Å²) in [7, 11) is 4.02. The van der Waals surface area contributed by atoms with Gasteiger partial charge < -0.3 is 24.4 Å². The Morgan fingerprint density at radius 1 is 1.11 bits per heavy atom. The van der Waals surface area contributed by atoms with E-state index in [0.29, 0.717) is 13.1 Å². The van der Waals surface area contributed by atoms with Crippen LogP contribution in [0.5, 0.6) is 0 Å². The van der Waals surface area contributed by atoms with Gasteiger partial charge in [0.15, 0.2) is 0 Å². The van der Waals surface area contributed by atoms with E-state index in [1.165, 1.54) is 12.8 Å². The second kappa shape index (κ2) is 8.95. The quantitative estimate of drug-likeness (QED) is 0.806. The number of hydrogen-bond acceptors (Lipinski definition) is 4. The summed E-state index contributed by atoms with van der Waals surface area (Å²) < 4.78 is 5.68. The van der Waals surface area contributed by atoms with Crippen LogP contribution in [0.15, 0.2) is 40.8 Å². The highest BCUT2D eigenvalue weighted by Crippen LogP contribution is 2.29. The molecule has 6 nitrogen and oxygen atoms in total. The Bertz CT molecular complexity index is 750. The second-order valence-electron chi connectivity index (χ2n) is 7.38. The second-order valence-corrected chi connectivity index (χ2v) is 7.38. The van der Waals surface area contributed by atoms with Crippen molar-refractivity contribution in [2.45, 2.75) is 26.3 Å². The lowest BCUT2D eigenvalue weighted by Gasteiger charge is -2.26. The highest BCUT2D eigenvalue weighted by atomic mass is 16.3. The molecule has 1 aliphatic heterocycles. The fourth-order valence-electron chi connectivity index (χ4n) is 3.34. The van der Waals surface area contributed by atoms with Crippen molar-refractivity contribution < 1.29 is 9.21 Å². The molecule has 1 aromatic carbocycles. The number of furan rings is 1. The first-order chi connectivity index (χ1) is 13.0. The average molecular weight is 370 g/mol. The first-order valence-electron chi connectivity index (χ1n) is 9.63. The molecule has 1 fully saturated rings. The van der Waals surface area contributed by atoms with Gasteiger partial charge in [-0.2, -0.15) is 0 Å². The fourth-order valence-corrected chi connectivity index (χ4v) is 3.34. The summed E-state index contributed by atoms with van der Waals surface area (Å²) >= 11 is 0. The minimum Gasteiger partial charge on any atom is -0.464 e. The van der Waals surface area contributed by atoms with Crippen LogP contribution in [0.3, 0.4) is 0 Å². The molecule has 0 saturated carbocycles. The Morgan fingerprint density at radius 2 is 1.85 bits per heavy atom. The van der Waals surface area contributed by atoms with Crippen molar-refractivity contribution in [3.8, 4) is 0 Å². The largest absolute Gasteiger partial charge is 0.464 e. The maximum absolute atomic E-state index is 13.0. The molecule has 1 saturated heterocycles. The van der Waals surface area contributed by atoms with Crippen molar-refractivity contribution in [3.05, 3.63) is 47.9 Å². The average Bonchev–Trinajstić information content (AvgIpc) is 3.30. The number of carbonyl (C=O) groups excluding carboxylic acids is 1. The van der Waals surface area contributed by atoms with Gasteiger partial charge in [-0.25, -0.2) is 4.79 Å². The smallest absolute Gasteiger partial charge is 0.322 e.